The van der Waals surface area contributed by atoms with Crippen LogP contribution >= 0.6 is 0 Å². The standard InChI is InChI=1S/C22H31N3O3/c1-3-23-21(24-16-20-6-5-13-28-20)25-17-22(11-14-26-15-12-22)18-7-9-19(10-8-18)27-4-2/h5-10,13H,3-4,11-12,14-17H2,1-2H3,(H2,23,24,25). The van der Waals surface area contributed by atoms with E-state index in [1.54, 1.807) is 6.26 Å². The number of nitrogens with one attached hydrogen (secondary N) is 2. The van der Waals surface area contributed by atoms with Gasteiger partial charge in [-0.3, -0.25) is 0 Å². The molecular formula is C22H31N3O3. The molecular weight excluding hydrogens is 354 g/mol. The summed E-state index contributed by atoms with van der Waals surface area (Å²) in [5.41, 5.74) is 1.33. The zero-order valence-corrected chi connectivity index (χ0v) is 16.9. The molecule has 0 spiro atoms. The lowest BCUT2D eigenvalue weighted by molar-refractivity contribution is 0.0513. The van der Waals surface area contributed by atoms with Crippen molar-refractivity contribution in [3.05, 3.63) is 54.0 Å². The molecule has 0 bridgehead atoms. The molecule has 1 aliphatic heterocycles. The Morgan fingerprint density at radius 1 is 1.11 bits per heavy atom. The predicted octanol–water partition coefficient (Wildman–Crippen LogP) is 3.48. The first kappa shape index (κ1) is 20.3. The van der Waals surface area contributed by atoms with Gasteiger partial charge in [-0.05, 0) is 56.5 Å². The Morgan fingerprint density at radius 2 is 1.89 bits per heavy atom. The van der Waals surface area contributed by atoms with E-state index in [9.17, 15) is 0 Å². The summed E-state index contributed by atoms with van der Waals surface area (Å²) in [6.07, 6.45) is 3.63. The number of aliphatic imine (C=N–C) groups is 1. The molecule has 6 nitrogen and oxygen atoms in total. The summed E-state index contributed by atoms with van der Waals surface area (Å²) < 4.78 is 16.6. The minimum atomic E-state index is 0.0177. The van der Waals surface area contributed by atoms with Crippen molar-refractivity contribution in [2.45, 2.75) is 38.6 Å². The monoisotopic (exact) mass is 385 g/mol. The minimum absolute atomic E-state index is 0.0177. The third kappa shape index (κ3) is 5.29. The molecule has 28 heavy (non-hydrogen) atoms. The molecule has 1 saturated heterocycles. The van der Waals surface area contributed by atoms with Crippen LogP contribution in [0.2, 0.25) is 0 Å². The first-order valence-corrected chi connectivity index (χ1v) is 10.1. The highest BCUT2D eigenvalue weighted by atomic mass is 16.5. The smallest absolute Gasteiger partial charge is 0.191 e. The molecule has 0 radical (unpaired) electrons. The van der Waals surface area contributed by atoms with Crippen molar-refractivity contribution in [1.29, 1.82) is 0 Å². The summed E-state index contributed by atoms with van der Waals surface area (Å²) in [6, 6.07) is 12.3. The van der Waals surface area contributed by atoms with Gasteiger partial charge in [0.2, 0.25) is 0 Å². The van der Waals surface area contributed by atoms with E-state index in [1.807, 2.05) is 19.1 Å². The van der Waals surface area contributed by atoms with Crippen molar-refractivity contribution in [1.82, 2.24) is 10.6 Å². The fourth-order valence-electron chi connectivity index (χ4n) is 3.56. The molecule has 1 fully saturated rings. The topological polar surface area (TPSA) is 68.0 Å². The fourth-order valence-corrected chi connectivity index (χ4v) is 3.56. The van der Waals surface area contributed by atoms with Crippen LogP contribution in [0.4, 0.5) is 0 Å². The molecule has 1 aliphatic rings. The van der Waals surface area contributed by atoms with Crippen molar-refractivity contribution in [3.63, 3.8) is 0 Å². The maximum atomic E-state index is 5.65. The molecule has 1 aromatic heterocycles. The molecule has 0 atom stereocenters. The molecule has 0 saturated carbocycles. The average molecular weight is 386 g/mol. The molecule has 2 aromatic rings. The van der Waals surface area contributed by atoms with E-state index < -0.39 is 0 Å². The Kier molecular flexibility index (Phi) is 7.37. The maximum Gasteiger partial charge on any atom is 0.191 e. The number of rotatable bonds is 8. The van der Waals surface area contributed by atoms with E-state index in [1.165, 1.54) is 5.56 Å². The number of furan rings is 1. The Balaban J connectivity index is 1.72. The Morgan fingerprint density at radius 3 is 2.54 bits per heavy atom. The van der Waals surface area contributed by atoms with Crippen molar-refractivity contribution < 1.29 is 13.9 Å². The molecule has 2 heterocycles. The lowest BCUT2D eigenvalue weighted by Gasteiger charge is -2.38. The van der Waals surface area contributed by atoms with Gasteiger partial charge in [0.05, 0.1) is 12.9 Å². The first-order valence-electron chi connectivity index (χ1n) is 10.1. The summed E-state index contributed by atoms with van der Waals surface area (Å²) in [6.45, 7) is 8.42. The van der Waals surface area contributed by atoms with Gasteiger partial charge in [0, 0.05) is 31.7 Å². The Hall–Kier alpha value is -2.47. The van der Waals surface area contributed by atoms with E-state index in [0.717, 1.165) is 56.6 Å². The normalized spacial score (nSPS) is 16.6. The molecule has 3 rings (SSSR count). The molecule has 1 aromatic carbocycles. The molecule has 2 N–H and O–H groups in total. The SMILES string of the molecule is CCNC(=NCc1ccco1)NCC1(c2ccc(OCC)cc2)CCOCC1. The van der Waals surface area contributed by atoms with Crippen LogP contribution in [0.15, 0.2) is 52.1 Å². The average Bonchev–Trinajstić information content (AvgIpc) is 3.25. The third-order valence-corrected chi connectivity index (χ3v) is 5.14. The predicted molar refractivity (Wildman–Crippen MR) is 111 cm³/mol. The number of nitrogens with zero attached hydrogens (tertiary/aromatic N) is 1. The van der Waals surface area contributed by atoms with Gasteiger partial charge >= 0.3 is 0 Å². The van der Waals surface area contributed by atoms with Crippen LogP contribution in [-0.4, -0.2) is 38.9 Å². The summed E-state index contributed by atoms with van der Waals surface area (Å²) in [4.78, 5) is 4.65. The van der Waals surface area contributed by atoms with Gasteiger partial charge in [-0.2, -0.15) is 0 Å². The van der Waals surface area contributed by atoms with Crippen LogP contribution in [0, 0.1) is 0 Å². The van der Waals surface area contributed by atoms with Gasteiger partial charge in [0.1, 0.15) is 18.1 Å². The van der Waals surface area contributed by atoms with E-state index in [2.05, 4.69) is 46.8 Å². The second-order valence-electron chi connectivity index (χ2n) is 6.98. The summed E-state index contributed by atoms with van der Waals surface area (Å²) in [5.74, 6) is 2.56. The third-order valence-electron chi connectivity index (χ3n) is 5.14. The van der Waals surface area contributed by atoms with Crippen molar-refractivity contribution >= 4 is 5.96 Å². The van der Waals surface area contributed by atoms with Crippen molar-refractivity contribution in [2.75, 3.05) is 32.9 Å². The van der Waals surface area contributed by atoms with E-state index in [0.29, 0.717) is 13.2 Å². The second-order valence-corrected chi connectivity index (χ2v) is 6.98. The molecule has 6 heteroatoms. The Bertz CT molecular complexity index is 720. The second kappa shape index (κ2) is 10.2. The van der Waals surface area contributed by atoms with Crippen LogP contribution in [0.3, 0.4) is 0 Å². The van der Waals surface area contributed by atoms with Crippen molar-refractivity contribution in [3.8, 4) is 5.75 Å². The number of hydrogen-bond acceptors (Lipinski definition) is 4. The highest BCUT2D eigenvalue weighted by Crippen LogP contribution is 2.35. The van der Waals surface area contributed by atoms with E-state index in [4.69, 9.17) is 13.9 Å². The molecule has 152 valence electrons. The van der Waals surface area contributed by atoms with Gasteiger partial charge in [-0.25, -0.2) is 4.99 Å². The Labute approximate surface area is 167 Å². The molecule has 0 amide bonds. The fraction of sp³-hybridized carbons (Fsp3) is 0.500. The number of benzene rings is 1. The van der Waals surface area contributed by atoms with Crippen LogP contribution in [0.5, 0.6) is 5.75 Å². The molecule has 0 unspecified atom stereocenters. The summed E-state index contributed by atoms with van der Waals surface area (Å²) >= 11 is 0. The van der Waals surface area contributed by atoms with Crippen LogP contribution in [0.25, 0.3) is 0 Å². The minimum Gasteiger partial charge on any atom is -0.494 e. The van der Waals surface area contributed by atoms with Gasteiger partial charge in [-0.15, -0.1) is 0 Å². The largest absolute Gasteiger partial charge is 0.494 e. The summed E-state index contributed by atoms with van der Waals surface area (Å²) in [7, 11) is 0. The number of hydrogen-bond donors (Lipinski definition) is 2. The van der Waals surface area contributed by atoms with Crippen LogP contribution in [0.1, 0.15) is 38.0 Å². The van der Waals surface area contributed by atoms with Crippen LogP contribution < -0.4 is 15.4 Å². The zero-order valence-electron chi connectivity index (χ0n) is 16.9. The highest BCUT2D eigenvalue weighted by molar-refractivity contribution is 5.79. The van der Waals surface area contributed by atoms with E-state index in [-0.39, 0.29) is 5.41 Å². The highest BCUT2D eigenvalue weighted by Gasteiger charge is 2.34. The van der Waals surface area contributed by atoms with Gasteiger partial charge in [0.25, 0.3) is 0 Å². The van der Waals surface area contributed by atoms with Crippen LogP contribution in [-0.2, 0) is 16.7 Å². The van der Waals surface area contributed by atoms with Crippen molar-refractivity contribution in [2.24, 2.45) is 4.99 Å². The first-order chi connectivity index (χ1) is 13.8. The van der Waals surface area contributed by atoms with Gasteiger partial charge < -0.3 is 24.5 Å². The van der Waals surface area contributed by atoms with Gasteiger partial charge in [-0.1, -0.05) is 12.1 Å². The molecule has 0 aliphatic carbocycles. The number of guanidine groups is 1. The maximum absolute atomic E-state index is 5.65. The zero-order chi connectivity index (χ0) is 19.7. The van der Waals surface area contributed by atoms with Gasteiger partial charge in [0.15, 0.2) is 5.96 Å². The lowest BCUT2D eigenvalue weighted by Crippen LogP contribution is -2.48. The quantitative estimate of drug-likeness (QED) is 0.538. The number of ether oxygens (including phenoxy) is 2. The lowest BCUT2D eigenvalue weighted by atomic mass is 9.74. The van der Waals surface area contributed by atoms with E-state index >= 15 is 0 Å². The summed E-state index contributed by atoms with van der Waals surface area (Å²) in [5, 5.41) is 6.87.